The number of hydrogen-bond donors (Lipinski definition) is 1. The van der Waals surface area contributed by atoms with E-state index in [1.165, 1.54) is 38.5 Å². The Morgan fingerprint density at radius 3 is 2.19 bits per heavy atom. The van der Waals surface area contributed by atoms with E-state index in [1.807, 2.05) is 0 Å². The number of alkyl carbamates (subject to hydrolysis) is 1. The smallest absolute Gasteiger partial charge is 0.408 e. The zero-order valence-electron chi connectivity index (χ0n) is 16.3. The van der Waals surface area contributed by atoms with Gasteiger partial charge in [0.25, 0.3) is 0 Å². The Labute approximate surface area is 158 Å². The van der Waals surface area contributed by atoms with Gasteiger partial charge in [-0.2, -0.15) is 0 Å². The summed E-state index contributed by atoms with van der Waals surface area (Å²) in [7, 11) is 0. The lowest BCUT2D eigenvalue weighted by molar-refractivity contribution is -0.151. The number of unbranched alkanes of at least 4 members (excludes halogenated alkanes) is 7. The molecule has 1 rings (SSSR count). The van der Waals surface area contributed by atoms with Crippen molar-refractivity contribution in [2.45, 2.75) is 95.9 Å². The maximum absolute atomic E-state index is 12.5. The molecule has 1 saturated carbocycles. The average Bonchev–Trinajstić information content (AvgIpc) is 3.10. The van der Waals surface area contributed by atoms with E-state index in [4.69, 9.17) is 15.9 Å². The zero-order valence-corrected chi connectivity index (χ0v) is 16.3. The minimum Gasteiger partial charge on any atom is -0.464 e. The van der Waals surface area contributed by atoms with Crippen LogP contribution in [0.3, 0.4) is 0 Å². The first-order chi connectivity index (χ1) is 12.6. The maximum Gasteiger partial charge on any atom is 0.408 e. The van der Waals surface area contributed by atoms with Gasteiger partial charge >= 0.3 is 12.1 Å². The van der Waals surface area contributed by atoms with Crippen LogP contribution >= 0.6 is 0 Å². The van der Waals surface area contributed by atoms with Gasteiger partial charge in [-0.1, -0.05) is 64.7 Å². The van der Waals surface area contributed by atoms with Crippen molar-refractivity contribution in [2.24, 2.45) is 0 Å². The molecule has 1 amide bonds. The molecule has 0 aromatic carbocycles. The molecular formula is C21H35NO4. The van der Waals surface area contributed by atoms with E-state index < -0.39 is 11.6 Å². The van der Waals surface area contributed by atoms with Gasteiger partial charge < -0.3 is 14.8 Å². The van der Waals surface area contributed by atoms with Gasteiger partial charge in [-0.05, 0) is 19.3 Å². The molecule has 5 heteroatoms. The number of rotatable bonds is 13. The fraction of sp³-hybridized carbons (Fsp3) is 0.810. The molecule has 0 aromatic heterocycles. The molecule has 0 saturated heterocycles. The fourth-order valence-corrected chi connectivity index (χ4v) is 3.33. The van der Waals surface area contributed by atoms with Crippen LogP contribution in [0, 0.1) is 12.3 Å². The molecule has 0 radical (unpaired) electrons. The lowest BCUT2D eigenvalue weighted by Gasteiger charge is -2.27. The molecule has 1 fully saturated rings. The Kier molecular flexibility index (Phi) is 11.6. The highest BCUT2D eigenvalue weighted by molar-refractivity contribution is 5.86. The van der Waals surface area contributed by atoms with Crippen LogP contribution in [0.4, 0.5) is 4.79 Å². The minimum absolute atomic E-state index is 0.158. The molecule has 0 aromatic rings. The van der Waals surface area contributed by atoms with Crippen LogP contribution < -0.4 is 5.32 Å². The first-order valence-electron chi connectivity index (χ1n) is 10.2. The van der Waals surface area contributed by atoms with Crippen LogP contribution in [0.15, 0.2) is 0 Å². The number of nitrogens with one attached hydrogen (secondary N) is 1. The molecule has 0 unspecified atom stereocenters. The monoisotopic (exact) mass is 365 g/mol. The van der Waals surface area contributed by atoms with Crippen molar-refractivity contribution in [1.29, 1.82) is 0 Å². The van der Waals surface area contributed by atoms with Crippen molar-refractivity contribution < 1.29 is 19.1 Å². The largest absolute Gasteiger partial charge is 0.464 e. The summed E-state index contributed by atoms with van der Waals surface area (Å²) in [5.74, 6) is 2.08. The minimum atomic E-state index is -0.923. The number of ether oxygens (including phenoxy) is 2. The highest BCUT2D eigenvalue weighted by atomic mass is 16.6. The fourth-order valence-electron chi connectivity index (χ4n) is 3.33. The van der Waals surface area contributed by atoms with E-state index in [2.05, 4.69) is 18.2 Å². The van der Waals surface area contributed by atoms with E-state index in [0.29, 0.717) is 25.9 Å². The summed E-state index contributed by atoms with van der Waals surface area (Å²) in [6.45, 7) is 2.80. The van der Waals surface area contributed by atoms with Crippen LogP contribution in [-0.4, -0.2) is 30.8 Å². The Bertz CT molecular complexity index is 449. The molecule has 0 atom stereocenters. The van der Waals surface area contributed by atoms with Gasteiger partial charge in [0.2, 0.25) is 0 Å². The summed E-state index contributed by atoms with van der Waals surface area (Å²) in [5, 5.41) is 2.73. The molecule has 0 heterocycles. The Balaban J connectivity index is 2.24. The Hall–Kier alpha value is -1.70. The highest BCUT2D eigenvalue weighted by Gasteiger charge is 2.44. The van der Waals surface area contributed by atoms with Gasteiger partial charge in [0.1, 0.15) is 12.1 Å². The van der Waals surface area contributed by atoms with Crippen molar-refractivity contribution in [1.82, 2.24) is 5.32 Å². The van der Waals surface area contributed by atoms with Gasteiger partial charge in [0.05, 0.1) is 6.61 Å². The van der Waals surface area contributed by atoms with Crippen LogP contribution in [0.25, 0.3) is 0 Å². The molecule has 0 spiro atoms. The van der Waals surface area contributed by atoms with Crippen molar-refractivity contribution in [2.75, 3.05) is 13.2 Å². The molecule has 1 aliphatic carbocycles. The summed E-state index contributed by atoms with van der Waals surface area (Å²) in [6, 6.07) is 0. The number of carbonyl (C=O) groups is 2. The SMILES string of the molecule is C#CCCOC(=O)NC1(C(=O)OCCCCCCCCCC)CCCC1. The molecule has 26 heavy (non-hydrogen) atoms. The van der Waals surface area contributed by atoms with Crippen LogP contribution in [-0.2, 0) is 14.3 Å². The molecule has 5 nitrogen and oxygen atoms in total. The maximum atomic E-state index is 12.5. The quantitative estimate of drug-likeness (QED) is 0.291. The highest BCUT2D eigenvalue weighted by Crippen LogP contribution is 2.31. The second-order valence-corrected chi connectivity index (χ2v) is 7.12. The number of amides is 1. The third kappa shape index (κ3) is 8.60. The van der Waals surface area contributed by atoms with Crippen molar-refractivity contribution in [3.05, 3.63) is 0 Å². The lowest BCUT2D eigenvalue weighted by Crippen LogP contribution is -2.53. The van der Waals surface area contributed by atoms with Gasteiger partial charge in [0.15, 0.2) is 0 Å². The van der Waals surface area contributed by atoms with Crippen LogP contribution in [0.5, 0.6) is 0 Å². The van der Waals surface area contributed by atoms with Gasteiger partial charge in [-0.15, -0.1) is 12.3 Å². The lowest BCUT2D eigenvalue weighted by atomic mass is 9.98. The predicted molar refractivity (Wildman–Crippen MR) is 103 cm³/mol. The third-order valence-corrected chi connectivity index (χ3v) is 4.90. The number of esters is 1. The second kappa shape index (κ2) is 13.5. The van der Waals surface area contributed by atoms with Gasteiger partial charge in [-0.3, -0.25) is 0 Å². The Morgan fingerprint density at radius 1 is 0.962 bits per heavy atom. The van der Waals surface area contributed by atoms with Crippen molar-refractivity contribution >= 4 is 12.1 Å². The topological polar surface area (TPSA) is 64.6 Å². The number of carbonyl (C=O) groups excluding carboxylic acids is 2. The standard InChI is InChI=1S/C21H35NO4/c1-3-5-7-8-9-10-11-14-18-25-19(23)21(15-12-13-16-21)22-20(24)26-17-6-4-2/h2H,3,5-18H2,1H3,(H,22,24). The van der Waals surface area contributed by atoms with Gasteiger partial charge in [-0.25, -0.2) is 9.59 Å². The molecular weight excluding hydrogens is 330 g/mol. The van der Waals surface area contributed by atoms with E-state index in [0.717, 1.165) is 25.7 Å². The van der Waals surface area contributed by atoms with E-state index in [1.54, 1.807) is 0 Å². The van der Waals surface area contributed by atoms with E-state index in [-0.39, 0.29) is 12.6 Å². The molecule has 1 N–H and O–H groups in total. The van der Waals surface area contributed by atoms with Gasteiger partial charge in [0, 0.05) is 6.42 Å². The van der Waals surface area contributed by atoms with E-state index >= 15 is 0 Å². The predicted octanol–water partition coefficient (Wildman–Crippen LogP) is 4.73. The van der Waals surface area contributed by atoms with Crippen molar-refractivity contribution in [3.8, 4) is 12.3 Å². The molecule has 1 aliphatic rings. The normalized spacial score (nSPS) is 15.2. The first kappa shape index (κ1) is 22.3. The summed E-state index contributed by atoms with van der Waals surface area (Å²) in [4.78, 5) is 24.4. The molecule has 0 bridgehead atoms. The van der Waals surface area contributed by atoms with E-state index in [9.17, 15) is 9.59 Å². The average molecular weight is 366 g/mol. The van der Waals surface area contributed by atoms with Crippen LogP contribution in [0.1, 0.15) is 90.4 Å². The molecule has 148 valence electrons. The summed E-state index contributed by atoms with van der Waals surface area (Å²) >= 11 is 0. The number of hydrogen-bond acceptors (Lipinski definition) is 4. The zero-order chi connectivity index (χ0) is 19.1. The van der Waals surface area contributed by atoms with Crippen LogP contribution in [0.2, 0.25) is 0 Å². The summed E-state index contributed by atoms with van der Waals surface area (Å²) < 4.78 is 10.5. The summed E-state index contributed by atoms with van der Waals surface area (Å²) in [6.07, 6.45) is 17.5. The molecule has 0 aliphatic heterocycles. The Morgan fingerprint density at radius 2 is 1.58 bits per heavy atom. The summed E-state index contributed by atoms with van der Waals surface area (Å²) in [5.41, 5.74) is -0.923. The number of terminal acetylenes is 1. The second-order valence-electron chi connectivity index (χ2n) is 7.12. The third-order valence-electron chi connectivity index (χ3n) is 4.90. The van der Waals surface area contributed by atoms with Crippen molar-refractivity contribution in [3.63, 3.8) is 0 Å². The first-order valence-corrected chi connectivity index (χ1v) is 10.2.